The quantitative estimate of drug-likeness (QED) is 0.386. The number of nitrogens with zero attached hydrogens (tertiary/aromatic N) is 4. The number of rotatable bonds is 11. The molecule has 184 valence electrons. The van der Waals surface area contributed by atoms with Crippen molar-refractivity contribution >= 4 is 24.5 Å². The summed E-state index contributed by atoms with van der Waals surface area (Å²) in [7, 11) is -3.48. The van der Waals surface area contributed by atoms with E-state index in [2.05, 4.69) is 20.0 Å². The second-order valence-electron chi connectivity index (χ2n) is 8.30. The smallest absolute Gasteiger partial charge is 0.342 e. The molecule has 0 amide bonds. The van der Waals surface area contributed by atoms with Crippen LogP contribution < -0.4 is 15.3 Å². The van der Waals surface area contributed by atoms with Crippen molar-refractivity contribution in [2.24, 2.45) is 0 Å². The summed E-state index contributed by atoms with van der Waals surface area (Å²) in [6.45, 7) is 6.71. The lowest BCUT2D eigenvalue weighted by atomic mass is 10.3. The molecule has 0 spiro atoms. The molecule has 5 atom stereocenters. The van der Waals surface area contributed by atoms with E-state index in [0.717, 1.165) is 6.42 Å². The van der Waals surface area contributed by atoms with Crippen molar-refractivity contribution in [3.05, 3.63) is 43.0 Å². The fourth-order valence-electron chi connectivity index (χ4n) is 3.65. The molecule has 11 nitrogen and oxygen atoms in total. The van der Waals surface area contributed by atoms with Crippen LogP contribution in [0.2, 0.25) is 0 Å². The van der Waals surface area contributed by atoms with Crippen molar-refractivity contribution in [1.29, 1.82) is 0 Å². The van der Waals surface area contributed by atoms with E-state index in [9.17, 15) is 4.57 Å². The summed E-state index contributed by atoms with van der Waals surface area (Å²) in [6.07, 6.45) is 2.92. The van der Waals surface area contributed by atoms with E-state index in [0.29, 0.717) is 35.9 Å². The number of hydrogen-bond donors (Lipinski definition) is 2. The molecular formula is C22H31N6O5P. The van der Waals surface area contributed by atoms with Gasteiger partial charge in [-0.05, 0) is 32.4 Å². The van der Waals surface area contributed by atoms with E-state index in [-0.39, 0.29) is 24.6 Å². The maximum absolute atomic E-state index is 13.8. The predicted octanol–water partition coefficient (Wildman–Crippen LogP) is 3.17. The molecule has 0 aliphatic carbocycles. The molecule has 0 radical (unpaired) electrons. The van der Waals surface area contributed by atoms with E-state index in [4.69, 9.17) is 24.5 Å². The minimum Gasteiger partial charge on any atom is -0.431 e. The first-order valence-corrected chi connectivity index (χ1v) is 13.1. The Morgan fingerprint density at radius 3 is 2.79 bits per heavy atom. The summed E-state index contributed by atoms with van der Waals surface area (Å²) in [5.74, 6) is 0.798. The van der Waals surface area contributed by atoms with Gasteiger partial charge in [0.2, 0.25) is 0 Å². The second kappa shape index (κ2) is 10.8. The number of fused-ring (bicyclic) bond motifs is 1. The minimum absolute atomic E-state index is 0.0304. The highest BCUT2D eigenvalue weighted by atomic mass is 31.2. The molecule has 3 aromatic rings. The highest BCUT2D eigenvalue weighted by Crippen LogP contribution is 2.44. The number of aromatic nitrogens is 4. The van der Waals surface area contributed by atoms with Crippen LogP contribution in [-0.2, 0) is 25.3 Å². The lowest BCUT2D eigenvalue weighted by molar-refractivity contribution is -0.0738. The van der Waals surface area contributed by atoms with Crippen LogP contribution in [0.25, 0.3) is 11.2 Å². The topological polar surface area (TPSA) is 136 Å². The lowest BCUT2D eigenvalue weighted by Gasteiger charge is -2.27. The fraction of sp³-hybridized carbons (Fsp3) is 0.500. The van der Waals surface area contributed by atoms with Gasteiger partial charge in [0, 0.05) is 0 Å². The molecule has 0 saturated carbocycles. The Bertz CT molecular complexity index is 1130. The van der Waals surface area contributed by atoms with Gasteiger partial charge < -0.3 is 29.0 Å². The number of para-hydroxylation sites is 1. The molecule has 1 aromatic carbocycles. The number of anilines is 1. The van der Waals surface area contributed by atoms with E-state index in [1.807, 2.05) is 43.5 Å². The van der Waals surface area contributed by atoms with E-state index < -0.39 is 13.8 Å². The maximum atomic E-state index is 13.8. The van der Waals surface area contributed by atoms with Gasteiger partial charge in [-0.3, -0.25) is 4.57 Å². The Hall–Kier alpha value is -2.56. The highest BCUT2D eigenvalue weighted by Gasteiger charge is 2.36. The van der Waals surface area contributed by atoms with Crippen molar-refractivity contribution in [3.63, 3.8) is 0 Å². The fourth-order valence-corrected chi connectivity index (χ4v) is 5.48. The SMILES string of the molecule is CC[C@@H]1COC(C(C)NP(=O)(COC(C)Cn2cnc3c(N)ncnc32)Oc2ccccc2)O1. The highest BCUT2D eigenvalue weighted by molar-refractivity contribution is 7.57. The average molecular weight is 491 g/mol. The van der Waals surface area contributed by atoms with Gasteiger partial charge in [0.15, 0.2) is 17.8 Å². The summed E-state index contributed by atoms with van der Waals surface area (Å²) >= 11 is 0. The molecule has 4 unspecified atom stereocenters. The first-order valence-electron chi connectivity index (χ1n) is 11.3. The number of nitrogens with one attached hydrogen (secondary N) is 1. The van der Waals surface area contributed by atoms with Crippen LogP contribution in [-0.4, -0.2) is 57.0 Å². The zero-order valence-electron chi connectivity index (χ0n) is 19.5. The van der Waals surface area contributed by atoms with Crippen LogP contribution in [0.3, 0.4) is 0 Å². The molecule has 34 heavy (non-hydrogen) atoms. The Morgan fingerprint density at radius 2 is 2.06 bits per heavy atom. The molecular weight excluding hydrogens is 459 g/mol. The molecule has 0 bridgehead atoms. The number of imidazole rings is 1. The molecule has 1 aliphatic heterocycles. The lowest BCUT2D eigenvalue weighted by Crippen LogP contribution is -2.38. The van der Waals surface area contributed by atoms with Crippen LogP contribution in [0, 0.1) is 0 Å². The van der Waals surface area contributed by atoms with Crippen molar-refractivity contribution in [1.82, 2.24) is 24.6 Å². The molecule has 3 heterocycles. The Kier molecular flexibility index (Phi) is 7.80. The third-order valence-electron chi connectivity index (χ3n) is 5.45. The van der Waals surface area contributed by atoms with Crippen molar-refractivity contribution in [2.45, 2.75) is 58.3 Å². The van der Waals surface area contributed by atoms with Gasteiger partial charge >= 0.3 is 7.52 Å². The standard InChI is InChI=1S/C22H31N6O5P/c1-4-17-11-30-22(32-17)16(3)27-34(29,33-18-8-6-5-7-9-18)14-31-15(2)10-28-13-26-19-20(23)24-12-25-21(19)28/h5-9,12-13,15-17,22H,4,10-11,14H2,1-3H3,(H,27,29)(H2,23,24,25)/t15?,16?,17-,22?,34?/m1/s1. The van der Waals surface area contributed by atoms with Crippen LogP contribution in [0.5, 0.6) is 5.75 Å². The molecule has 4 rings (SSSR count). The van der Waals surface area contributed by atoms with Gasteiger partial charge in [-0.25, -0.2) is 20.0 Å². The average Bonchev–Trinajstić information content (AvgIpc) is 3.47. The van der Waals surface area contributed by atoms with Crippen molar-refractivity contribution in [2.75, 3.05) is 18.7 Å². The molecule has 12 heteroatoms. The van der Waals surface area contributed by atoms with Crippen LogP contribution in [0.15, 0.2) is 43.0 Å². The summed E-state index contributed by atoms with van der Waals surface area (Å²) in [5, 5.41) is 3.08. The van der Waals surface area contributed by atoms with Gasteiger partial charge in [-0.2, -0.15) is 0 Å². The molecule has 3 N–H and O–H groups in total. The minimum atomic E-state index is -3.48. The summed E-state index contributed by atoms with van der Waals surface area (Å²) < 4.78 is 39.2. The van der Waals surface area contributed by atoms with Crippen LogP contribution >= 0.6 is 7.52 Å². The Morgan fingerprint density at radius 1 is 1.26 bits per heavy atom. The van der Waals surface area contributed by atoms with Gasteiger partial charge in [0.1, 0.15) is 23.9 Å². The number of nitrogens with two attached hydrogens (primary N) is 1. The first-order chi connectivity index (χ1) is 16.4. The van der Waals surface area contributed by atoms with Crippen LogP contribution in [0.1, 0.15) is 27.2 Å². The van der Waals surface area contributed by atoms with E-state index >= 15 is 0 Å². The molecule has 1 aliphatic rings. The monoisotopic (exact) mass is 490 g/mol. The van der Waals surface area contributed by atoms with Crippen molar-refractivity contribution in [3.8, 4) is 5.75 Å². The third kappa shape index (κ3) is 5.92. The van der Waals surface area contributed by atoms with Gasteiger partial charge in [-0.1, -0.05) is 25.1 Å². The maximum Gasteiger partial charge on any atom is 0.342 e. The van der Waals surface area contributed by atoms with Gasteiger partial charge in [0.25, 0.3) is 0 Å². The van der Waals surface area contributed by atoms with E-state index in [1.54, 1.807) is 18.5 Å². The number of hydrogen-bond acceptors (Lipinski definition) is 9. The van der Waals surface area contributed by atoms with Gasteiger partial charge in [0.05, 0.1) is 37.7 Å². The van der Waals surface area contributed by atoms with Crippen LogP contribution in [0.4, 0.5) is 5.82 Å². The summed E-state index contributed by atoms with van der Waals surface area (Å²) in [4.78, 5) is 12.5. The zero-order valence-corrected chi connectivity index (χ0v) is 20.4. The molecule has 1 saturated heterocycles. The Balaban J connectivity index is 1.43. The van der Waals surface area contributed by atoms with Crippen molar-refractivity contribution < 1.29 is 23.3 Å². The number of benzene rings is 1. The molecule has 2 aromatic heterocycles. The molecule has 1 fully saturated rings. The first kappa shape index (κ1) is 24.6. The summed E-state index contributed by atoms with van der Waals surface area (Å²) in [5.41, 5.74) is 7.01. The normalized spacial score (nSPS) is 21.9. The number of nitrogen functional groups attached to an aromatic ring is 1. The summed E-state index contributed by atoms with van der Waals surface area (Å²) in [6, 6.07) is 8.63. The predicted molar refractivity (Wildman–Crippen MR) is 127 cm³/mol. The Labute approximate surface area is 198 Å². The number of ether oxygens (including phenoxy) is 3. The van der Waals surface area contributed by atoms with Gasteiger partial charge in [-0.15, -0.1) is 0 Å². The largest absolute Gasteiger partial charge is 0.431 e. The second-order valence-corrected chi connectivity index (χ2v) is 10.3. The van der Waals surface area contributed by atoms with E-state index in [1.165, 1.54) is 6.33 Å². The zero-order chi connectivity index (χ0) is 24.1. The third-order valence-corrected chi connectivity index (χ3v) is 7.24.